The molecule has 0 bridgehead atoms. The number of likely N-dealkylation sites (tertiary alicyclic amines) is 1. The van der Waals surface area contributed by atoms with Crippen LogP contribution >= 0.6 is 11.6 Å². The lowest BCUT2D eigenvalue weighted by molar-refractivity contribution is -0.139. The third-order valence-corrected chi connectivity index (χ3v) is 7.91. The summed E-state index contributed by atoms with van der Waals surface area (Å²) in [5.74, 6) is 1.24. The molecule has 3 aliphatic heterocycles. The summed E-state index contributed by atoms with van der Waals surface area (Å²) in [5.41, 5.74) is 0.489. The number of halogens is 1. The van der Waals surface area contributed by atoms with E-state index in [1.165, 1.54) is 19.3 Å². The fraction of sp³-hybridized carbons (Fsp3) is 0.696. The fourth-order valence-electron chi connectivity index (χ4n) is 6.00. The Morgan fingerprint density at radius 2 is 1.83 bits per heavy atom. The SMILES string of the molecule is O=C1CCCN1c1cnc(N2CCCC3(CCN(C4CCCCC4)C3=O)C2)c(Cl)c1. The van der Waals surface area contributed by atoms with Crippen molar-refractivity contribution in [2.45, 2.75) is 70.3 Å². The van der Waals surface area contributed by atoms with Crippen LogP contribution in [0.15, 0.2) is 12.3 Å². The van der Waals surface area contributed by atoms with Gasteiger partial charge in [-0.2, -0.15) is 0 Å². The highest BCUT2D eigenvalue weighted by atomic mass is 35.5. The first-order valence-corrected chi connectivity index (χ1v) is 12.0. The van der Waals surface area contributed by atoms with Gasteiger partial charge in [-0.05, 0) is 44.6 Å². The number of aromatic nitrogens is 1. The lowest BCUT2D eigenvalue weighted by atomic mass is 9.78. The van der Waals surface area contributed by atoms with Crippen LogP contribution in [0.2, 0.25) is 5.02 Å². The molecule has 1 saturated carbocycles. The van der Waals surface area contributed by atoms with E-state index in [9.17, 15) is 9.59 Å². The van der Waals surface area contributed by atoms with E-state index in [1.54, 1.807) is 11.1 Å². The van der Waals surface area contributed by atoms with Gasteiger partial charge >= 0.3 is 0 Å². The van der Waals surface area contributed by atoms with Crippen LogP contribution < -0.4 is 9.80 Å². The average Bonchev–Trinajstić information content (AvgIpc) is 3.32. The highest BCUT2D eigenvalue weighted by Crippen LogP contribution is 2.44. The molecule has 1 atom stereocenters. The number of piperidine rings is 1. The molecule has 0 aromatic carbocycles. The number of amides is 2. The van der Waals surface area contributed by atoms with Crippen molar-refractivity contribution in [3.63, 3.8) is 0 Å². The number of carbonyl (C=O) groups excluding carboxylic acids is 2. The topological polar surface area (TPSA) is 56.8 Å². The molecule has 1 aromatic rings. The van der Waals surface area contributed by atoms with Crippen molar-refractivity contribution >= 4 is 34.9 Å². The molecule has 4 heterocycles. The quantitative estimate of drug-likeness (QED) is 0.726. The van der Waals surface area contributed by atoms with Crippen LogP contribution in [0.3, 0.4) is 0 Å². The molecule has 1 aliphatic carbocycles. The Balaban J connectivity index is 1.33. The fourth-order valence-corrected chi connectivity index (χ4v) is 6.28. The molecule has 2 amide bonds. The maximum absolute atomic E-state index is 13.5. The molecular formula is C23H31ClN4O2. The summed E-state index contributed by atoms with van der Waals surface area (Å²) in [4.78, 5) is 36.4. The van der Waals surface area contributed by atoms with E-state index in [-0.39, 0.29) is 11.3 Å². The zero-order valence-electron chi connectivity index (χ0n) is 17.6. The molecule has 4 aliphatic rings. The van der Waals surface area contributed by atoms with Crippen LogP contribution in [0.5, 0.6) is 0 Å². The van der Waals surface area contributed by atoms with Gasteiger partial charge in [-0.1, -0.05) is 30.9 Å². The van der Waals surface area contributed by atoms with Gasteiger partial charge in [-0.25, -0.2) is 4.98 Å². The lowest BCUT2D eigenvalue weighted by Gasteiger charge is -2.41. The molecule has 0 N–H and O–H groups in total. The predicted molar refractivity (Wildman–Crippen MR) is 118 cm³/mol. The minimum Gasteiger partial charge on any atom is -0.354 e. The number of carbonyl (C=O) groups is 2. The summed E-state index contributed by atoms with van der Waals surface area (Å²) < 4.78 is 0. The Hall–Kier alpha value is -1.82. The zero-order chi connectivity index (χ0) is 20.7. The molecule has 1 unspecified atom stereocenters. The van der Waals surface area contributed by atoms with Gasteiger partial charge in [0.1, 0.15) is 5.82 Å². The summed E-state index contributed by atoms with van der Waals surface area (Å²) in [6, 6.07) is 2.30. The summed E-state index contributed by atoms with van der Waals surface area (Å²) >= 11 is 6.63. The number of anilines is 2. The molecule has 7 heteroatoms. The lowest BCUT2D eigenvalue weighted by Crippen LogP contribution is -2.50. The molecule has 162 valence electrons. The summed E-state index contributed by atoms with van der Waals surface area (Å²) in [6.07, 6.45) is 12.2. The largest absolute Gasteiger partial charge is 0.354 e. The Labute approximate surface area is 183 Å². The van der Waals surface area contributed by atoms with Crippen molar-refractivity contribution in [1.82, 2.24) is 9.88 Å². The van der Waals surface area contributed by atoms with E-state index in [0.29, 0.717) is 29.9 Å². The Kier molecular flexibility index (Phi) is 5.38. The second-order valence-electron chi connectivity index (χ2n) is 9.49. The number of hydrogen-bond acceptors (Lipinski definition) is 4. The minimum absolute atomic E-state index is 0.136. The molecule has 0 radical (unpaired) electrons. The average molecular weight is 431 g/mol. The molecule has 30 heavy (non-hydrogen) atoms. The number of pyridine rings is 1. The van der Waals surface area contributed by atoms with E-state index in [4.69, 9.17) is 11.6 Å². The summed E-state index contributed by atoms with van der Waals surface area (Å²) in [5, 5.41) is 0.568. The van der Waals surface area contributed by atoms with E-state index in [0.717, 1.165) is 69.7 Å². The maximum atomic E-state index is 13.5. The summed E-state index contributed by atoms with van der Waals surface area (Å²) in [6.45, 7) is 3.19. The standard InChI is InChI=1S/C23H31ClN4O2/c24-19-14-18(27-12-4-8-20(27)29)15-25-21(19)26-11-5-9-23(16-26)10-13-28(22(23)30)17-6-2-1-3-7-17/h14-15,17H,1-13,16H2. The van der Waals surface area contributed by atoms with E-state index >= 15 is 0 Å². The van der Waals surface area contributed by atoms with Gasteiger partial charge in [0.2, 0.25) is 11.8 Å². The van der Waals surface area contributed by atoms with Gasteiger partial charge in [0.25, 0.3) is 0 Å². The molecule has 4 fully saturated rings. The van der Waals surface area contributed by atoms with Crippen LogP contribution in [0, 0.1) is 5.41 Å². The molecule has 3 saturated heterocycles. The minimum atomic E-state index is -0.287. The first-order valence-electron chi connectivity index (χ1n) is 11.6. The van der Waals surface area contributed by atoms with Crippen LogP contribution in [-0.2, 0) is 9.59 Å². The van der Waals surface area contributed by atoms with Crippen LogP contribution in [0.25, 0.3) is 0 Å². The smallest absolute Gasteiger partial charge is 0.230 e. The zero-order valence-corrected chi connectivity index (χ0v) is 18.4. The van der Waals surface area contributed by atoms with Gasteiger partial charge in [0.15, 0.2) is 0 Å². The summed E-state index contributed by atoms with van der Waals surface area (Å²) in [7, 11) is 0. The second kappa shape index (κ2) is 8.03. The maximum Gasteiger partial charge on any atom is 0.230 e. The van der Waals surface area contributed by atoms with Crippen LogP contribution in [0.1, 0.15) is 64.2 Å². The molecule has 1 aromatic heterocycles. The first-order chi connectivity index (χ1) is 14.6. The Morgan fingerprint density at radius 1 is 1.00 bits per heavy atom. The van der Waals surface area contributed by atoms with Crippen molar-refractivity contribution in [3.05, 3.63) is 17.3 Å². The van der Waals surface area contributed by atoms with E-state index in [2.05, 4.69) is 14.8 Å². The number of hydrogen-bond donors (Lipinski definition) is 0. The van der Waals surface area contributed by atoms with Crippen molar-refractivity contribution in [3.8, 4) is 0 Å². The third-order valence-electron chi connectivity index (χ3n) is 7.63. The highest BCUT2D eigenvalue weighted by Gasteiger charge is 2.50. The number of nitrogens with zero attached hydrogens (tertiary/aromatic N) is 4. The monoisotopic (exact) mass is 430 g/mol. The molecule has 5 rings (SSSR count). The first kappa shape index (κ1) is 20.1. The number of rotatable bonds is 3. The van der Waals surface area contributed by atoms with Crippen molar-refractivity contribution < 1.29 is 9.59 Å². The van der Waals surface area contributed by atoms with Gasteiger partial charge in [0.05, 0.1) is 22.3 Å². The van der Waals surface area contributed by atoms with Gasteiger partial charge in [0, 0.05) is 38.6 Å². The predicted octanol–water partition coefficient (Wildman–Crippen LogP) is 4.01. The van der Waals surface area contributed by atoms with Gasteiger partial charge in [-0.3, -0.25) is 9.59 Å². The molecular weight excluding hydrogens is 400 g/mol. The van der Waals surface area contributed by atoms with Crippen molar-refractivity contribution in [2.24, 2.45) is 5.41 Å². The van der Waals surface area contributed by atoms with Crippen LogP contribution in [0.4, 0.5) is 11.5 Å². The second-order valence-corrected chi connectivity index (χ2v) is 9.90. The van der Waals surface area contributed by atoms with Crippen molar-refractivity contribution in [1.29, 1.82) is 0 Å². The normalized spacial score (nSPS) is 28.2. The Bertz CT molecular complexity index is 840. The Morgan fingerprint density at radius 3 is 2.57 bits per heavy atom. The van der Waals surface area contributed by atoms with E-state index in [1.807, 2.05) is 6.07 Å². The molecule has 6 nitrogen and oxygen atoms in total. The third kappa shape index (κ3) is 3.47. The highest BCUT2D eigenvalue weighted by molar-refractivity contribution is 6.33. The van der Waals surface area contributed by atoms with E-state index < -0.39 is 0 Å². The van der Waals surface area contributed by atoms with Crippen molar-refractivity contribution in [2.75, 3.05) is 36.0 Å². The molecule has 1 spiro atoms. The van der Waals surface area contributed by atoms with Crippen LogP contribution in [-0.4, -0.2) is 53.9 Å². The van der Waals surface area contributed by atoms with Gasteiger partial charge in [-0.15, -0.1) is 0 Å². The van der Waals surface area contributed by atoms with Gasteiger partial charge < -0.3 is 14.7 Å².